The van der Waals surface area contributed by atoms with E-state index in [0.29, 0.717) is 6.54 Å². The topological polar surface area (TPSA) is 32.3 Å². The average molecular weight is 245 g/mol. The third kappa shape index (κ3) is 4.73. The Kier molecular flexibility index (Phi) is 6.13. The normalized spacial score (nSPS) is 8.75. The number of alkyl halides is 1. The van der Waals surface area contributed by atoms with E-state index in [1.165, 1.54) is 0 Å². The largest absolute Gasteiger partial charge is 0.395 e. The molecule has 0 spiro atoms. The molecule has 0 amide bonds. The molecular weight excluding hydrogens is 237 g/mol. The minimum Gasteiger partial charge on any atom is -0.395 e. The molecular formula is C4H8INOS. The van der Waals surface area contributed by atoms with Gasteiger partial charge >= 0.3 is 0 Å². The van der Waals surface area contributed by atoms with Gasteiger partial charge in [-0.25, -0.2) is 0 Å². The second-order valence-electron chi connectivity index (χ2n) is 1.21. The SMILES string of the molecule is OCCNC(=S)CI. The van der Waals surface area contributed by atoms with Crippen LogP contribution in [-0.4, -0.2) is 27.7 Å². The van der Waals surface area contributed by atoms with Gasteiger partial charge in [-0.15, -0.1) is 0 Å². The van der Waals surface area contributed by atoms with Crippen molar-refractivity contribution in [2.24, 2.45) is 0 Å². The number of aliphatic hydroxyl groups is 1. The first-order valence-electron chi connectivity index (χ1n) is 2.24. The van der Waals surface area contributed by atoms with E-state index in [2.05, 4.69) is 27.9 Å². The van der Waals surface area contributed by atoms with Crippen molar-refractivity contribution in [3.05, 3.63) is 0 Å². The van der Waals surface area contributed by atoms with Crippen molar-refractivity contribution in [1.82, 2.24) is 5.32 Å². The van der Waals surface area contributed by atoms with E-state index in [9.17, 15) is 0 Å². The maximum atomic E-state index is 8.29. The molecule has 0 aromatic rings. The molecule has 0 fully saturated rings. The van der Waals surface area contributed by atoms with Crippen LogP contribution >= 0.6 is 34.8 Å². The first-order valence-corrected chi connectivity index (χ1v) is 4.18. The number of hydrogen-bond acceptors (Lipinski definition) is 2. The number of aliphatic hydroxyl groups excluding tert-OH is 1. The first-order chi connectivity index (χ1) is 3.81. The van der Waals surface area contributed by atoms with Crippen LogP contribution in [0.15, 0.2) is 0 Å². The number of nitrogens with one attached hydrogen (secondary N) is 1. The Labute approximate surface area is 67.8 Å². The van der Waals surface area contributed by atoms with Crippen molar-refractivity contribution in [3.63, 3.8) is 0 Å². The Hall–Kier alpha value is 0.580. The van der Waals surface area contributed by atoms with Gasteiger partial charge in [-0.1, -0.05) is 34.8 Å². The van der Waals surface area contributed by atoms with Crippen molar-refractivity contribution in [2.45, 2.75) is 0 Å². The van der Waals surface area contributed by atoms with Gasteiger partial charge in [0, 0.05) is 6.54 Å². The summed E-state index contributed by atoms with van der Waals surface area (Å²) in [6, 6.07) is 0. The Morgan fingerprint density at radius 3 is 2.75 bits per heavy atom. The van der Waals surface area contributed by atoms with Gasteiger partial charge < -0.3 is 10.4 Å². The molecule has 0 saturated heterocycles. The van der Waals surface area contributed by atoms with E-state index in [1.54, 1.807) is 0 Å². The van der Waals surface area contributed by atoms with Gasteiger partial charge in [-0.3, -0.25) is 0 Å². The fraction of sp³-hybridized carbons (Fsp3) is 0.750. The smallest absolute Gasteiger partial charge is 0.0852 e. The molecule has 2 nitrogen and oxygen atoms in total. The van der Waals surface area contributed by atoms with Gasteiger partial charge in [0.15, 0.2) is 0 Å². The molecule has 8 heavy (non-hydrogen) atoms. The third-order valence-corrected chi connectivity index (χ3v) is 2.12. The van der Waals surface area contributed by atoms with Crippen LogP contribution in [0.5, 0.6) is 0 Å². The zero-order valence-electron chi connectivity index (χ0n) is 4.35. The van der Waals surface area contributed by atoms with Crippen LogP contribution in [0.3, 0.4) is 0 Å². The third-order valence-electron chi connectivity index (χ3n) is 0.555. The number of rotatable bonds is 3. The highest BCUT2D eigenvalue weighted by Gasteiger charge is 1.87. The summed E-state index contributed by atoms with van der Waals surface area (Å²) in [5.41, 5.74) is 0. The monoisotopic (exact) mass is 245 g/mol. The summed E-state index contributed by atoms with van der Waals surface area (Å²) in [4.78, 5) is 0.805. The van der Waals surface area contributed by atoms with Crippen molar-refractivity contribution >= 4 is 39.8 Å². The Balaban J connectivity index is 2.99. The molecule has 0 saturated carbocycles. The minimum atomic E-state index is 0.150. The van der Waals surface area contributed by atoms with Crippen LogP contribution < -0.4 is 5.32 Å². The van der Waals surface area contributed by atoms with Crippen LogP contribution in [0.4, 0.5) is 0 Å². The zero-order chi connectivity index (χ0) is 6.41. The van der Waals surface area contributed by atoms with Gasteiger partial charge in [-0.2, -0.15) is 0 Å². The van der Waals surface area contributed by atoms with Crippen molar-refractivity contribution in [1.29, 1.82) is 0 Å². The van der Waals surface area contributed by atoms with E-state index in [-0.39, 0.29) is 6.61 Å². The number of hydrogen-bond donors (Lipinski definition) is 2. The first kappa shape index (κ1) is 8.58. The molecule has 0 heterocycles. The molecule has 0 aromatic heterocycles. The molecule has 0 radical (unpaired) electrons. The van der Waals surface area contributed by atoms with E-state index in [4.69, 9.17) is 17.3 Å². The maximum absolute atomic E-state index is 8.29. The molecule has 0 aliphatic carbocycles. The Morgan fingerprint density at radius 2 is 2.38 bits per heavy atom. The lowest BCUT2D eigenvalue weighted by molar-refractivity contribution is 0.300. The standard InChI is InChI=1S/C4H8INOS/c5-3-4(8)6-1-2-7/h7H,1-3H2,(H,6,8). The summed E-state index contributed by atoms with van der Waals surface area (Å²) in [6.45, 7) is 0.721. The van der Waals surface area contributed by atoms with E-state index < -0.39 is 0 Å². The molecule has 0 rings (SSSR count). The molecule has 0 aromatic carbocycles. The predicted molar refractivity (Wildman–Crippen MR) is 46.6 cm³/mol. The lowest BCUT2D eigenvalue weighted by atomic mass is 10.6. The number of thiocarbonyl (C=S) groups is 1. The van der Waals surface area contributed by atoms with Crippen LogP contribution in [0.1, 0.15) is 0 Å². The van der Waals surface area contributed by atoms with Crippen LogP contribution in [0, 0.1) is 0 Å². The van der Waals surface area contributed by atoms with E-state index in [1.807, 2.05) is 0 Å². The molecule has 2 N–H and O–H groups in total. The van der Waals surface area contributed by atoms with Crippen molar-refractivity contribution in [2.75, 3.05) is 17.6 Å². The Morgan fingerprint density at radius 1 is 1.75 bits per heavy atom. The van der Waals surface area contributed by atoms with E-state index >= 15 is 0 Å². The Bertz CT molecular complexity index is 78.4. The van der Waals surface area contributed by atoms with Gasteiger partial charge in [0.2, 0.25) is 0 Å². The molecule has 4 heteroatoms. The highest BCUT2D eigenvalue weighted by atomic mass is 127. The molecule has 0 aliphatic rings. The summed E-state index contributed by atoms with van der Waals surface area (Å²) in [6.07, 6.45) is 0. The fourth-order valence-corrected chi connectivity index (χ4v) is 0.614. The quantitative estimate of drug-likeness (QED) is 0.427. The zero-order valence-corrected chi connectivity index (χ0v) is 7.33. The summed E-state index contributed by atoms with van der Waals surface area (Å²) < 4.78 is 0.826. The average Bonchev–Trinajstić information content (AvgIpc) is 1.83. The van der Waals surface area contributed by atoms with Crippen molar-refractivity contribution < 1.29 is 5.11 Å². The van der Waals surface area contributed by atoms with Crippen LogP contribution in [0.2, 0.25) is 0 Å². The van der Waals surface area contributed by atoms with Gasteiger partial charge in [0.05, 0.1) is 16.0 Å². The number of halogens is 1. The minimum absolute atomic E-state index is 0.150. The highest BCUT2D eigenvalue weighted by Crippen LogP contribution is 1.81. The summed E-state index contributed by atoms with van der Waals surface area (Å²) in [5, 5.41) is 11.1. The maximum Gasteiger partial charge on any atom is 0.0852 e. The second-order valence-corrected chi connectivity index (χ2v) is 2.46. The molecule has 48 valence electrons. The molecule has 0 atom stereocenters. The van der Waals surface area contributed by atoms with Gasteiger partial charge in [-0.05, 0) is 0 Å². The van der Waals surface area contributed by atoms with Crippen LogP contribution in [0.25, 0.3) is 0 Å². The second kappa shape index (κ2) is 5.71. The van der Waals surface area contributed by atoms with Gasteiger partial charge in [0.1, 0.15) is 0 Å². The van der Waals surface area contributed by atoms with Crippen molar-refractivity contribution in [3.8, 4) is 0 Å². The molecule has 0 bridgehead atoms. The highest BCUT2D eigenvalue weighted by molar-refractivity contribution is 14.1. The summed E-state index contributed by atoms with van der Waals surface area (Å²) >= 11 is 6.96. The molecule has 0 unspecified atom stereocenters. The summed E-state index contributed by atoms with van der Waals surface area (Å²) in [7, 11) is 0. The molecule has 0 aliphatic heterocycles. The summed E-state index contributed by atoms with van der Waals surface area (Å²) in [5.74, 6) is 0. The van der Waals surface area contributed by atoms with Crippen LogP contribution in [-0.2, 0) is 0 Å². The lowest BCUT2D eigenvalue weighted by Gasteiger charge is -1.99. The van der Waals surface area contributed by atoms with Gasteiger partial charge in [0.25, 0.3) is 0 Å². The lowest BCUT2D eigenvalue weighted by Crippen LogP contribution is -2.25. The van der Waals surface area contributed by atoms with E-state index in [0.717, 1.165) is 9.42 Å². The predicted octanol–water partition coefficient (Wildman–Crippen LogP) is 0.331. The fourth-order valence-electron chi connectivity index (χ4n) is 0.243.